The lowest BCUT2D eigenvalue weighted by Gasteiger charge is -2.23. The van der Waals surface area contributed by atoms with Crippen LogP contribution in [0.1, 0.15) is 18.9 Å². The second-order valence-corrected chi connectivity index (χ2v) is 4.53. The van der Waals surface area contributed by atoms with E-state index in [1.165, 1.54) is 25.1 Å². The van der Waals surface area contributed by atoms with Gasteiger partial charge in [0.2, 0.25) is 0 Å². The fraction of sp³-hybridized carbons (Fsp3) is 0.300. The van der Waals surface area contributed by atoms with Crippen molar-refractivity contribution in [3.8, 4) is 0 Å². The molecule has 0 heterocycles. The summed E-state index contributed by atoms with van der Waals surface area (Å²) < 4.78 is 14.1. The second kappa shape index (κ2) is 4.28. The summed E-state index contributed by atoms with van der Waals surface area (Å²) in [5, 5.41) is 8.66. The Hall–Kier alpha value is -0.940. The number of hydrogen-bond acceptors (Lipinski definition) is 2. The van der Waals surface area contributed by atoms with E-state index in [0.717, 1.165) is 0 Å². The van der Waals surface area contributed by atoms with E-state index in [2.05, 4.69) is 15.9 Å². The Morgan fingerprint density at radius 2 is 2.27 bits per heavy atom. The first kappa shape index (κ1) is 12.1. The average molecular weight is 276 g/mol. The SMILES string of the molecule is CC(N)(CC(=O)O)c1cc(Br)ccc1F. The Labute approximate surface area is 95.2 Å². The lowest BCUT2D eigenvalue weighted by molar-refractivity contribution is -0.138. The van der Waals surface area contributed by atoms with Crippen LogP contribution in [0.3, 0.4) is 0 Å². The number of hydrogen-bond donors (Lipinski definition) is 2. The summed E-state index contributed by atoms with van der Waals surface area (Å²) in [7, 11) is 0. The summed E-state index contributed by atoms with van der Waals surface area (Å²) in [6.45, 7) is 1.49. The molecule has 3 nitrogen and oxygen atoms in total. The van der Waals surface area contributed by atoms with Gasteiger partial charge in [-0.1, -0.05) is 15.9 Å². The first-order chi connectivity index (χ1) is 6.83. The largest absolute Gasteiger partial charge is 0.481 e. The summed E-state index contributed by atoms with van der Waals surface area (Å²) in [4.78, 5) is 10.6. The van der Waals surface area contributed by atoms with E-state index in [9.17, 15) is 9.18 Å². The topological polar surface area (TPSA) is 63.3 Å². The van der Waals surface area contributed by atoms with Crippen molar-refractivity contribution in [3.63, 3.8) is 0 Å². The molecule has 0 bridgehead atoms. The van der Waals surface area contributed by atoms with Crippen LogP contribution in [-0.4, -0.2) is 11.1 Å². The molecule has 1 aromatic carbocycles. The lowest BCUT2D eigenvalue weighted by Crippen LogP contribution is -2.36. The van der Waals surface area contributed by atoms with Crippen LogP contribution in [0.4, 0.5) is 4.39 Å². The number of halogens is 2. The Morgan fingerprint density at radius 3 is 2.80 bits per heavy atom. The van der Waals surface area contributed by atoms with Crippen molar-refractivity contribution in [2.75, 3.05) is 0 Å². The Bertz CT molecular complexity index is 393. The first-order valence-electron chi connectivity index (χ1n) is 4.29. The van der Waals surface area contributed by atoms with Gasteiger partial charge in [-0.3, -0.25) is 4.79 Å². The van der Waals surface area contributed by atoms with E-state index in [0.29, 0.717) is 4.47 Å². The normalized spacial score (nSPS) is 14.7. The monoisotopic (exact) mass is 275 g/mol. The van der Waals surface area contributed by atoms with Gasteiger partial charge in [0.05, 0.1) is 12.0 Å². The predicted molar refractivity (Wildman–Crippen MR) is 57.9 cm³/mol. The number of nitrogens with two attached hydrogens (primary N) is 1. The molecule has 1 unspecified atom stereocenters. The molecule has 0 aliphatic carbocycles. The number of benzene rings is 1. The molecule has 15 heavy (non-hydrogen) atoms. The summed E-state index contributed by atoms with van der Waals surface area (Å²) in [6.07, 6.45) is -0.319. The number of carboxylic acid groups (broad SMARTS) is 1. The maximum Gasteiger partial charge on any atom is 0.305 e. The van der Waals surface area contributed by atoms with Gasteiger partial charge in [0, 0.05) is 10.0 Å². The third-order valence-electron chi connectivity index (χ3n) is 2.06. The van der Waals surface area contributed by atoms with Gasteiger partial charge in [0.15, 0.2) is 0 Å². The lowest BCUT2D eigenvalue weighted by atomic mass is 9.89. The van der Waals surface area contributed by atoms with Crippen LogP contribution in [0.15, 0.2) is 22.7 Å². The van der Waals surface area contributed by atoms with Crippen LogP contribution in [0.25, 0.3) is 0 Å². The Kier molecular flexibility index (Phi) is 3.46. The molecule has 0 saturated carbocycles. The zero-order valence-electron chi connectivity index (χ0n) is 8.13. The van der Waals surface area contributed by atoms with Crippen molar-refractivity contribution >= 4 is 21.9 Å². The van der Waals surface area contributed by atoms with Crippen molar-refractivity contribution < 1.29 is 14.3 Å². The standard InChI is InChI=1S/C10H11BrFNO2/c1-10(13,5-9(14)15)7-4-6(11)2-3-8(7)12/h2-4H,5,13H2,1H3,(H,14,15). The van der Waals surface area contributed by atoms with Crippen molar-refractivity contribution in [2.45, 2.75) is 18.9 Å². The summed E-state index contributed by atoms with van der Waals surface area (Å²) >= 11 is 3.19. The van der Waals surface area contributed by atoms with Crippen molar-refractivity contribution in [1.82, 2.24) is 0 Å². The second-order valence-electron chi connectivity index (χ2n) is 3.61. The van der Waals surface area contributed by atoms with Gasteiger partial charge >= 0.3 is 5.97 Å². The number of rotatable bonds is 3. The zero-order valence-corrected chi connectivity index (χ0v) is 9.71. The summed E-state index contributed by atoms with van der Waals surface area (Å²) in [5.74, 6) is -1.55. The minimum absolute atomic E-state index is 0.194. The summed E-state index contributed by atoms with van der Waals surface area (Å²) in [5.41, 5.74) is 4.75. The molecule has 82 valence electrons. The fourth-order valence-corrected chi connectivity index (χ4v) is 1.71. The van der Waals surface area contributed by atoms with Crippen LogP contribution in [0.2, 0.25) is 0 Å². The van der Waals surface area contributed by atoms with Gasteiger partial charge in [0.25, 0.3) is 0 Å². The van der Waals surface area contributed by atoms with Gasteiger partial charge < -0.3 is 10.8 Å². The molecule has 0 aliphatic heterocycles. The van der Waals surface area contributed by atoms with E-state index in [1.54, 1.807) is 0 Å². The maximum atomic E-state index is 13.4. The Balaban J connectivity index is 3.13. The molecule has 0 fully saturated rings. The Morgan fingerprint density at radius 1 is 1.67 bits per heavy atom. The number of carbonyl (C=O) groups is 1. The predicted octanol–water partition coefficient (Wildman–Crippen LogP) is 2.24. The smallest absolute Gasteiger partial charge is 0.305 e. The van der Waals surface area contributed by atoms with E-state index in [-0.39, 0.29) is 12.0 Å². The molecule has 1 rings (SSSR count). The number of carboxylic acids is 1. The highest BCUT2D eigenvalue weighted by Gasteiger charge is 2.27. The van der Waals surface area contributed by atoms with E-state index < -0.39 is 17.3 Å². The van der Waals surface area contributed by atoms with Crippen molar-refractivity contribution in [1.29, 1.82) is 0 Å². The molecule has 0 amide bonds. The molecule has 0 saturated heterocycles. The van der Waals surface area contributed by atoms with Crippen LogP contribution in [0.5, 0.6) is 0 Å². The fourth-order valence-electron chi connectivity index (χ4n) is 1.34. The molecule has 0 radical (unpaired) electrons. The minimum Gasteiger partial charge on any atom is -0.481 e. The first-order valence-corrected chi connectivity index (χ1v) is 5.08. The van der Waals surface area contributed by atoms with Crippen molar-refractivity contribution in [3.05, 3.63) is 34.1 Å². The van der Waals surface area contributed by atoms with E-state index in [4.69, 9.17) is 10.8 Å². The highest BCUT2D eigenvalue weighted by atomic mass is 79.9. The molecule has 0 aromatic heterocycles. The average Bonchev–Trinajstić information content (AvgIpc) is 2.06. The van der Waals surface area contributed by atoms with E-state index >= 15 is 0 Å². The van der Waals surface area contributed by atoms with Gasteiger partial charge in [-0.05, 0) is 25.1 Å². The summed E-state index contributed by atoms with van der Waals surface area (Å²) in [6, 6.07) is 4.29. The molecule has 1 atom stereocenters. The van der Waals surface area contributed by atoms with Gasteiger partial charge in [0.1, 0.15) is 5.82 Å². The molecule has 3 N–H and O–H groups in total. The van der Waals surface area contributed by atoms with Crippen LogP contribution in [-0.2, 0) is 10.3 Å². The third kappa shape index (κ3) is 3.00. The van der Waals surface area contributed by atoms with E-state index in [1.807, 2.05) is 0 Å². The van der Waals surface area contributed by atoms with Crippen LogP contribution < -0.4 is 5.73 Å². The minimum atomic E-state index is -1.21. The molecular formula is C10H11BrFNO2. The number of aliphatic carboxylic acids is 1. The highest BCUT2D eigenvalue weighted by molar-refractivity contribution is 9.10. The van der Waals surface area contributed by atoms with Crippen molar-refractivity contribution in [2.24, 2.45) is 5.73 Å². The maximum absolute atomic E-state index is 13.4. The van der Waals surface area contributed by atoms with Crippen LogP contribution in [0, 0.1) is 5.82 Å². The van der Waals surface area contributed by atoms with Gasteiger partial charge in [-0.25, -0.2) is 4.39 Å². The molecular weight excluding hydrogens is 265 g/mol. The molecule has 1 aromatic rings. The molecule has 0 aliphatic rings. The van der Waals surface area contributed by atoms with Gasteiger partial charge in [-0.2, -0.15) is 0 Å². The van der Waals surface area contributed by atoms with Crippen LogP contribution >= 0.6 is 15.9 Å². The van der Waals surface area contributed by atoms with Gasteiger partial charge in [-0.15, -0.1) is 0 Å². The quantitative estimate of drug-likeness (QED) is 0.889. The third-order valence-corrected chi connectivity index (χ3v) is 2.56. The molecule has 5 heteroatoms. The zero-order chi connectivity index (χ0) is 11.6. The molecule has 0 spiro atoms. The highest BCUT2D eigenvalue weighted by Crippen LogP contribution is 2.27.